The van der Waals surface area contributed by atoms with E-state index in [0.717, 1.165) is 30.4 Å². The van der Waals surface area contributed by atoms with Crippen LogP contribution >= 0.6 is 0 Å². The zero-order valence-corrected chi connectivity index (χ0v) is 19.5. The highest BCUT2D eigenvalue weighted by atomic mass is 19.1. The third-order valence-corrected chi connectivity index (χ3v) is 4.49. The third-order valence-electron chi connectivity index (χ3n) is 4.49. The molecule has 0 N–H and O–H groups in total. The molecule has 3 aromatic rings. The molecule has 32 heavy (non-hydrogen) atoms. The largest absolute Gasteiger partial charge is 0.423 e. The first kappa shape index (κ1) is 28.9. The summed E-state index contributed by atoms with van der Waals surface area (Å²) in [6.07, 6.45) is 3.17. The van der Waals surface area contributed by atoms with Crippen molar-refractivity contribution in [2.24, 2.45) is 0 Å². The van der Waals surface area contributed by atoms with Gasteiger partial charge in [-0.2, -0.15) is 0 Å². The minimum absolute atomic E-state index is 0.332. The second kappa shape index (κ2) is 17.6. The molecule has 0 saturated carbocycles. The predicted octanol–water partition coefficient (Wildman–Crippen LogP) is 7.84. The Morgan fingerprint density at radius 2 is 1.09 bits per heavy atom. The van der Waals surface area contributed by atoms with Gasteiger partial charge in [-0.05, 0) is 59.4 Å². The van der Waals surface area contributed by atoms with Crippen molar-refractivity contribution in [1.29, 1.82) is 0 Å². The minimum atomic E-state index is -0.332. The number of carbonyl (C=O) groups is 1. The normalized spacial score (nSPS) is 9.12. The molecule has 0 aliphatic carbocycles. The molecule has 2 nitrogen and oxygen atoms in total. The predicted molar refractivity (Wildman–Crippen MR) is 128 cm³/mol. The van der Waals surface area contributed by atoms with Gasteiger partial charge in [0, 0.05) is 0 Å². The summed E-state index contributed by atoms with van der Waals surface area (Å²) in [5.41, 5.74) is 5.36. The van der Waals surface area contributed by atoms with Crippen molar-refractivity contribution in [1.82, 2.24) is 0 Å². The highest BCUT2D eigenvalue weighted by Crippen LogP contribution is 2.21. The van der Waals surface area contributed by atoms with E-state index in [1.165, 1.54) is 11.1 Å². The number of rotatable bonds is 6. The first-order chi connectivity index (χ1) is 15.7. The number of aryl methyl sites for hydroxylation is 2. The Morgan fingerprint density at radius 1 is 0.656 bits per heavy atom. The number of carbonyl (C=O) groups excluding carboxylic acids is 1. The summed E-state index contributed by atoms with van der Waals surface area (Å²) in [7, 11) is 1.50. The fourth-order valence-electron chi connectivity index (χ4n) is 2.91. The monoisotopic (exact) mass is 446 g/mol. The summed E-state index contributed by atoms with van der Waals surface area (Å²) in [6.45, 7) is 4.29. The van der Waals surface area contributed by atoms with Gasteiger partial charge in [-0.25, -0.2) is 4.79 Å². The topological polar surface area (TPSA) is 26.3 Å². The van der Waals surface area contributed by atoms with Gasteiger partial charge >= 0.3 is 5.97 Å². The Kier molecular flexibility index (Phi) is 15.9. The number of benzene rings is 3. The molecule has 0 radical (unpaired) electrons. The quantitative estimate of drug-likeness (QED) is 0.285. The van der Waals surface area contributed by atoms with Crippen LogP contribution in [0, 0.1) is 0 Å². The van der Waals surface area contributed by atoms with E-state index in [1.807, 2.05) is 48.5 Å². The van der Waals surface area contributed by atoms with Gasteiger partial charge in [0.15, 0.2) is 0 Å². The summed E-state index contributed by atoms with van der Waals surface area (Å²) in [5.74, 6) is 0.246. The number of alkyl halides is 3. The lowest BCUT2D eigenvalue weighted by Crippen LogP contribution is -2.08. The Balaban J connectivity index is 0.00000148. The maximum Gasteiger partial charge on any atom is 0.343 e. The van der Waals surface area contributed by atoms with E-state index in [-0.39, 0.29) is 5.97 Å². The van der Waals surface area contributed by atoms with Crippen molar-refractivity contribution in [3.05, 3.63) is 89.5 Å². The summed E-state index contributed by atoms with van der Waals surface area (Å²) in [6, 6.07) is 23.8. The Labute approximate surface area is 190 Å². The van der Waals surface area contributed by atoms with E-state index in [2.05, 4.69) is 38.1 Å². The molecular weight excluding hydrogens is 413 g/mol. The molecule has 0 saturated heterocycles. The van der Waals surface area contributed by atoms with Gasteiger partial charge in [0.2, 0.25) is 0 Å². The van der Waals surface area contributed by atoms with Gasteiger partial charge in [0.25, 0.3) is 0 Å². The molecule has 3 rings (SSSR count). The molecule has 0 aliphatic rings. The summed E-state index contributed by atoms with van der Waals surface area (Å²) in [4.78, 5) is 12.3. The fourth-order valence-corrected chi connectivity index (χ4v) is 2.91. The summed E-state index contributed by atoms with van der Waals surface area (Å²) >= 11 is 0. The molecule has 0 heterocycles. The van der Waals surface area contributed by atoms with Crippen LogP contribution in [0.5, 0.6) is 5.75 Å². The van der Waals surface area contributed by atoms with E-state index in [1.54, 1.807) is 0 Å². The highest BCUT2D eigenvalue weighted by molar-refractivity contribution is 5.91. The first-order valence-electron chi connectivity index (χ1n) is 10.3. The zero-order valence-electron chi connectivity index (χ0n) is 19.5. The number of ether oxygens (including phenoxy) is 1. The van der Waals surface area contributed by atoms with Gasteiger partial charge in [0.05, 0.1) is 27.1 Å². The van der Waals surface area contributed by atoms with Crippen molar-refractivity contribution in [3.63, 3.8) is 0 Å². The molecule has 3 aromatic carbocycles. The number of halogens is 3. The van der Waals surface area contributed by atoms with Crippen LogP contribution in [0.15, 0.2) is 72.8 Å². The number of esters is 1. The summed E-state index contributed by atoms with van der Waals surface area (Å²) in [5, 5.41) is 0. The van der Waals surface area contributed by atoms with Crippen LogP contribution in [0.3, 0.4) is 0 Å². The van der Waals surface area contributed by atoms with Crippen molar-refractivity contribution >= 4 is 5.97 Å². The van der Waals surface area contributed by atoms with Gasteiger partial charge in [0.1, 0.15) is 5.75 Å². The molecular formula is C27H33F3O2. The lowest BCUT2D eigenvalue weighted by atomic mass is 10.0. The average Bonchev–Trinajstić information content (AvgIpc) is 2.89. The van der Waals surface area contributed by atoms with E-state index in [0.29, 0.717) is 32.8 Å². The molecule has 0 aromatic heterocycles. The molecule has 174 valence electrons. The van der Waals surface area contributed by atoms with Crippen molar-refractivity contribution < 1.29 is 22.7 Å². The van der Waals surface area contributed by atoms with Crippen LogP contribution in [0.1, 0.15) is 41.8 Å². The molecule has 0 aliphatic heterocycles. The van der Waals surface area contributed by atoms with Gasteiger partial charge < -0.3 is 4.74 Å². The van der Waals surface area contributed by atoms with Gasteiger partial charge in [-0.3, -0.25) is 13.2 Å². The summed E-state index contributed by atoms with van der Waals surface area (Å²) < 4.78 is 34.0. The SMILES string of the molecule is CCCc1ccc(OC(=O)c2ccc(-c3ccc(CC)cc3)cc2)cc1.CF.CF.CF. The highest BCUT2D eigenvalue weighted by Gasteiger charge is 2.09. The van der Waals surface area contributed by atoms with Crippen LogP contribution in [0.25, 0.3) is 11.1 Å². The Morgan fingerprint density at radius 3 is 1.53 bits per heavy atom. The van der Waals surface area contributed by atoms with Crippen molar-refractivity contribution in [3.8, 4) is 16.9 Å². The van der Waals surface area contributed by atoms with Gasteiger partial charge in [-0.15, -0.1) is 0 Å². The molecule has 0 bridgehead atoms. The Bertz CT molecular complexity index is 859. The average molecular weight is 447 g/mol. The van der Waals surface area contributed by atoms with E-state index >= 15 is 0 Å². The van der Waals surface area contributed by atoms with Gasteiger partial charge in [-0.1, -0.05) is 68.8 Å². The molecule has 0 spiro atoms. The molecule has 0 fully saturated rings. The lowest BCUT2D eigenvalue weighted by molar-refractivity contribution is 0.0734. The van der Waals surface area contributed by atoms with Crippen LogP contribution in [-0.4, -0.2) is 27.5 Å². The second-order valence-corrected chi connectivity index (χ2v) is 6.41. The molecule has 0 unspecified atom stereocenters. The van der Waals surface area contributed by atoms with E-state index in [4.69, 9.17) is 4.74 Å². The number of hydrogen-bond donors (Lipinski definition) is 0. The zero-order chi connectivity index (χ0) is 24.4. The molecule has 0 atom stereocenters. The van der Waals surface area contributed by atoms with Crippen LogP contribution < -0.4 is 4.74 Å². The molecule has 5 heteroatoms. The van der Waals surface area contributed by atoms with E-state index in [9.17, 15) is 18.0 Å². The van der Waals surface area contributed by atoms with Crippen LogP contribution in [0.4, 0.5) is 13.2 Å². The standard InChI is InChI=1S/C24H24O2.3CH3F/c1-3-5-19-8-16-23(17-9-19)26-24(25)22-14-12-21(13-15-22)20-10-6-18(4-2)7-11-20;3*1-2/h6-17H,3-5H2,1-2H3;3*1H3. The maximum absolute atomic E-state index is 12.3. The molecule has 0 amide bonds. The van der Waals surface area contributed by atoms with Crippen molar-refractivity contribution in [2.75, 3.05) is 21.5 Å². The Hall–Kier alpha value is -3.08. The first-order valence-corrected chi connectivity index (χ1v) is 10.3. The third kappa shape index (κ3) is 9.38. The van der Waals surface area contributed by atoms with E-state index < -0.39 is 0 Å². The second-order valence-electron chi connectivity index (χ2n) is 6.41. The maximum atomic E-state index is 12.3. The fraction of sp³-hybridized carbons (Fsp3) is 0.296. The van der Waals surface area contributed by atoms with Crippen LogP contribution in [0.2, 0.25) is 0 Å². The smallest absolute Gasteiger partial charge is 0.343 e. The minimum Gasteiger partial charge on any atom is -0.423 e. The lowest BCUT2D eigenvalue weighted by Gasteiger charge is -2.07. The number of hydrogen-bond acceptors (Lipinski definition) is 2. The van der Waals surface area contributed by atoms with Crippen LogP contribution in [-0.2, 0) is 12.8 Å². The van der Waals surface area contributed by atoms with Crippen molar-refractivity contribution in [2.45, 2.75) is 33.1 Å².